The van der Waals surface area contributed by atoms with E-state index < -0.39 is 0 Å². The number of halogens is 2. The first kappa shape index (κ1) is 13.4. The van der Waals surface area contributed by atoms with E-state index in [1.54, 1.807) is 0 Å². The van der Waals surface area contributed by atoms with E-state index >= 15 is 0 Å². The van der Waals surface area contributed by atoms with E-state index in [1.165, 1.54) is 25.1 Å². The fourth-order valence-electron chi connectivity index (χ4n) is 2.26. The van der Waals surface area contributed by atoms with Crippen molar-refractivity contribution in [2.45, 2.75) is 31.8 Å². The maximum atomic E-state index is 3.65. The van der Waals surface area contributed by atoms with E-state index in [9.17, 15) is 0 Å². The van der Waals surface area contributed by atoms with Gasteiger partial charge in [0.05, 0.1) is 5.69 Å². The van der Waals surface area contributed by atoms with Crippen LogP contribution in [0.15, 0.2) is 27.1 Å². The molecule has 1 fully saturated rings. The highest BCUT2D eigenvalue weighted by molar-refractivity contribution is 9.11. The summed E-state index contributed by atoms with van der Waals surface area (Å²) in [7, 11) is 2.20. The average Bonchev–Trinajstić information content (AvgIpc) is 2.28. The Hall–Kier alpha value is -0.0600. The quantitative estimate of drug-likeness (QED) is 0.852. The molecule has 0 aromatic heterocycles. The van der Waals surface area contributed by atoms with Gasteiger partial charge in [-0.1, -0.05) is 6.07 Å². The second-order valence-electron chi connectivity index (χ2n) is 4.79. The summed E-state index contributed by atoms with van der Waals surface area (Å²) < 4.78 is 2.25. The van der Waals surface area contributed by atoms with Crippen LogP contribution in [0.5, 0.6) is 0 Å². The number of benzene rings is 1. The molecule has 94 valence electrons. The van der Waals surface area contributed by atoms with E-state index in [4.69, 9.17) is 0 Å². The van der Waals surface area contributed by atoms with Gasteiger partial charge in [-0.25, -0.2) is 0 Å². The Morgan fingerprint density at radius 2 is 1.94 bits per heavy atom. The number of anilines is 1. The molecule has 0 bridgehead atoms. The predicted molar refractivity (Wildman–Crippen MR) is 80.6 cm³/mol. The van der Waals surface area contributed by atoms with Crippen molar-refractivity contribution in [3.63, 3.8) is 0 Å². The van der Waals surface area contributed by atoms with Crippen molar-refractivity contribution in [1.82, 2.24) is 4.90 Å². The molecule has 0 radical (unpaired) electrons. The van der Waals surface area contributed by atoms with Gasteiger partial charge in [0, 0.05) is 27.6 Å². The summed E-state index contributed by atoms with van der Waals surface area (Å²) in [6.07, 6.45) is 2.40. The van der Waals surface area contributed by atoms with Crippen LogP contribution in [0.1, 0.15) is 19.8 Å². The van der Waals surface area contributed by atoms with Crippen LogP contribution in [0.2, 0.25) is 0 Å². The molecule has 0 amide bonds. The lowest BCUT2D eigenvalue weighted by Gasteiger charge is -2.36. The molecule has 1 aliphatic rings. The molecule has 2 rings (SSSR count). The first-order valence-corrected chi connectivity index (χ1v) is 7.57. The molecule has 0 saturated carbocycles. The van der Waals surface area contributed by atoms with Gasteiger partial charge in [-0.2, -0.15) is 0 Å². The number of rotatable bonds is 2. The van der Waals surface area contributed by atoms with Gasteiger partial charge >= 0.3 is 0 Å². The lowest BCUT2D eigenvalue weighted by molar-refractivity contribution is 0.190. The smallest absolute Gasteiger partial charge is 0.0631 e. The van der Waals surface area contributed by atoms with Crippen molar-refractivity contribution in [2.24, 2.45) is 0 Å². The zero-order valence-corrected chi connectivity index (χ0v) is 13.4. The maximum absolute atomic E-state index is 3.65. The van der Waals surface area contributed by atoms with E-state index in [0.717, 1.165) is 8.95 Å². The summed E-state index contributed by atoms with van der Waals surface area (Å²) in [4.78, 5) is 2.42. The van der Waals surface area contributed by atoms with Crippen LogP contribution in [-0.2, 0) is 0 Å². The third-order valence-corrected chi connectivity index (χ3v) is 4.84. The van der Waals surface area contributed by atoms with Crippen molar-refractivity contribution in [3.8, 4) is 0 Å². The molecular formula is C13H18Br2N2. The Balaban J connectivity index is 2.06. The summed E-state index contributed by atoms with van der Waals surface area (Å²) in [5.41, 5.74) is 1.18. The fraction of sp³-hybridized carbons (Fsp3) is 0.538. The van der Waals surface area contributed by atoms with Crippen molar-refractivity contribution in [1.29, 1.82) is 0 Å². The van der Waals surface area contributed by atoms with E-state index in [2.05, 4.69) is 68.2 Å². The van der Waals surface area contributed by atoms with Gasteiger partial charge in [0.25, 0.3) is 0 Å². The molecule has 1 heterocycles. The summed E-state index contributed by atoms with van der Waals surface area (Å²) >= 11 is 7.20. The summed E-state index contributed by atoms with van der Waals surface area (Å²) in [6, 6.07) is 7.41. The van der Waals surface area contributed by atoms with Gasteiger partial charge in [-0.05, 0) is 70.8 Å². The normalized spacial score (nSPS) is 25.9. The highest BCUT2D eigenvalue weighted by Crippen LogP contribution is 2.32. The zero-order chi connectivity index (χ0) is 12.4. The minimum absolute atomic E-state index is 0.566. The molecule has 2 nitrogen and oxygen atoms in total. The van der Waals surface area contributed by atoms with Gasteiger partial charge in [0.15, 0.2) is 0 Å². The minimum Gasteiger partial charge on any atom is -0.380 e. The SMILES string of the molecule is CC1CC(Nc2c(Br)cccc2Br)CCN1C. The standard InChI is InChI=1S/C13H18Br2N2/c1-9-8-10(6-7-17(9)2)16-13-11(14)4-3-5-12(13)15/h3-5,9-10,16H,6-8H2,1-2H3. The molecule has 2 atom stereocenters. The first-order chi connectivity index (χ1) is 8.08. The van der Waals surface area contributed by atoms with Crippen molar-refractivity contribution < 1.29 is 0 Å². The van der Waals surface area contributed by atoms with Crippen molar-refractivity contribution >= 4 is 37.5 Å². The number of piperidine rings is 1. The Kier molecular flexibility index (Phi) is 4.50. The second-order valence-corrected chi connectivity index (χ2v) is 6.50. The Labute approximate surface area is 120 Å². The molecule has 17 heavy (non-hydrogen) atoms. The summed E-state index contributed by atoms with van der Waals surface area (Å²) in [5, 5.41) is 3.65. The van der Waals surface area contributed by atoms with Crippen LogP contribution < -0.4 is 5.32 Å². The Bertz CT molecular complexity index is 375. The van der Waals surface area contributed by atoms with E-state index in [0.29, 0.717) is 12.1 Å². The van der Waals surface area contributed by atoms with Gasteiger partial charge in [0.1, 0.15) is 0 Å². The third-order valence-electron chi connectivity index (χ3n) is 3.52. The van der Waals surface area contributed by atoms with Gasteiger partial charge in [-0.3, -0.25) is 0 Å². The number of nitrogens with zero attached hydrogens (tertiary/aromatic N) is 1. The maximum Gasteiger partial charge on any atom is 0.0631 e. The van der Waals surface area contributed by atoms with Crippen LogP contribution in [-0.4, -0.2) is 30.6 Å². The molecule has 1 aromatic carbocycles. The highest BCUT2D eigenvalue weighted by atomic mass is 79.9. The van der Waals surface area contributed by atoms with Gasteiger partial charge < -0.3 is 10.2 Å². The van der Waals surface area contributed by atoms with Gasteiger partial charge in [-0.15, -0.1) is 0 Å². The summed E-state index contributed by atoms with van der Waals surface area (Å²) in [6.45, 7) is 3.46. The van der Waals surface area contributed by atoms with Crippen molar-refractivity contribution in [3.05, 3.63) is 27.1 Å². The van der Waals surface area contributed by atoms with Crippen LogP contribution in [0, 0.1) is 0 Å². The lowest BCUT2D eigenvalue weighted by atomic mass is 9.99. The first-order valence-electron chi connectivity index (χ1n) is 5.98. The molecule has 1 aromatic rings. The number of para-hydroxylation sites is 1. The molecule has 0 spiro atoms. The van der Waals surface area contributed by atoms with E-state index in [-0.39, 0.29) is 0 Å². The number of nitrogens with one attached hydrogen (secondary N) is 1. The average molecular weight is 362 g/mol. The fourth-order valence-corrected chi connectivity index (χ4v) is 3.49. The zero-order valence-electron chi connectivity index (χ0n) is 10.2. The van der Waals surface area contributed by atoms with Crippen LogP contribution in [0.4, 0.5) is 5.69 Å². The number of likely N-dealkylation sites (tertiary alicyclic amines) is 1. The lowest BCUT2D eigenvalue weighted by Crippen LogP contribution is -2.42. The highest BCUT2D eigenvalue weighted by Gasteiger charge is 2.23. The minimum atomic E-state index is 0.566. The molecule has 2 unspecified atom stereocenters. The molecule has 0 aliphatic carbocycles. The van der Waals surface area contributed by atoms with Crippen LogP contribution in [0.3, 0.4) is 0 Å². The third kappa shape index (κ3) is 3.24. The molecular weight excluding hydrogens is 344 g/mol. The topological polar surface area (TPSA) is 15.3 Å². The Morgan fingerprint density at radius 1 is 1.29 bits per heavy atom. The Morgan fingerprint density at radius 3 is 2.53 bits per heavy atom. The molecule has 1 N–H and O–H groups in total. The monoisotopic (exact) mass is 360 g/mol. The largest absolute Gasteiger partial charge is 0.380 e. The number of hydrogen-bond acceptors (Lipinski definition) is 2. The predicted octanol–water partition coefficient (Wildman–Crippen LogP) is 4.11. The van der Waals surface area contributed by atoms with E-state index in [1.807, 2.05) is 6.07 Å². The van der Waals surface area contributed by atoms with Crippen LogP contribution >= 0.6 is 31.9 Å². The molecule has 1 saturated heterocycles. The second kappa shape index (κ2) is 5.72. The number of hydrogen-bond donors (Lipinski definition) is 1. The summed E-state index contributed by atoms with van der Waals surface area (Å²) in [5.74, 6) is 0. The molecule has 1 aliphatic heterocycles. The van der Waals surface area contributed by atoms with Gasteiger partial charge in [0.2, 0.25) is 0 Å². The van der Waals surface area contributed by atoms with Crippen molar-refractivity contribution in [2.75, 3.05) is 18.9 Å². The van der Waals surface area contributed by atoms with Crippen LogP contribution in [0.25, 0.3) is 0 Å². The molecule has 4 heteroatoms.